The van der Waals surface area contributed by atoms with Crippen molar-refractivity contribution in [3.63, 3.8) is 0 Å². The number of hydrogen-bond acceptors (Lipinski definition) is 3. The quantitative estimate of drug-likeness (QED) is 0.852. The third kappa shape index (κ3) is 3.48. The molecule has 0 saturated carbocycles. The van der Waals surface area contributed by atoms with E-state index in [9.17, 15) is 0 Å². The highest BCUT2D eigenvalue weighted by Gasteiger charge is 2.17. The molecule has 19 heavy (non-hydrogen) atoms. The summed E-state index contributed by atoms with van der Waals surface area (Å²) in [4.78, 5) is 5.03. The summed E-state index contributed by atoms with van der Waals surface area (Å²) in [5, 5.41) is 0. The van der Waals surface area contributed by atoms with Gasteiger partial charge >= 0.3 is 0 Å². The van der Waals surface area contributed by atoms with Gasteiger partial charge in [0.15, 0.2) is 0 Å². The maximum absolute atomic E-state index is 5.73. The van der Waals surface area contributed by atoms with E-state index in [4.69, 9.17) is 5.73 Å². The van der Waals surface area contributed by atoms with Crippen LogP contribution in [0.1, 0.15) is 31.4 Å². The second-order valence-electron chi connectivity index (χ2n) is 5.28. The van der Waals surface area contributed by atoms with Crippen LogP contribution in [0.3, 0.4) is 0 Å². The Bertz CT molecular complexity index is 399. The Morgan fingerprint density at radius 3 is 2.74 bits per heavy atom. The zero-order valence-electron chi connectivity index (χ0n) is 12.4. The molecule has 0 unspecified atom stereocenters. The molecule has 0 radical (unpaired) electrons. The van der Waals surface area contributed by atoms with Crippen molar-refractivity contribution in [3.8, 4) is 0 Å². The number of anilines is 1. The van der Waals surface area contributed by atoms with Gasteiger partial charge in [-0.15, -0.1) is 0 Å². The van der Waals surface area contributed by atoms with Crippen LogP contribution >= 0.6 is 0 Å². The molecule has 0 aromatic heterocycles. The smallest absolute Gasteiger partial charge is 0.0399 e. The molecule has 1 aliphatic heterocycles. The van der Waals surface area contributed by atoms with Crippen molar-refractivity contribution < 1.29 is 0 Å². The van der Waals surface area contributed by atoms with E-state index < -0.39 is 0 Å². The minimum Gasteiger partial charge on any atom is -0.370 e. The maximum atomic E-state index is 5.73. The molecule has 0 amide bonds. The first kappa shape index (κ1) is 14.4. The highest BCUT2D eigenvalue weighted by atomic mass is 15.2. The van der Waals surface area contributed by atoms with Gasteiger partial charge in [-0.1, -0.05) is 26.0 Å². The Kier molecular flexibility index (Phi) is 5.23. The number of nitrogens with zero attached hydrogens (tertiary/aromatic N) is 2. The average molecular weight is 261 g/mol. The number of rotatable bonds is 6. The predicted molar refractivity (Wildman–Crippen MR) is 82.7 cm³/mol. The fourth-order valence-corrected chi connectivity index (χ4v) is 2.89. The Labute approximate surface area is 117 Å². The average Bonchev–Trinajstić information content (AvgIpc) is 2.47. The maximum Gasteiger partial charge on any atom is 0.0399 e. The number of hydrogen-bond donors (Lipinski definition) is 1. The van der Waals surface area contributed by atoms with Crippen LogP contribution < -0.4 is 10.6 Å². The Morgan fingerprint density at radius 1 is 1.26 bits per heavy atom. The fourth-order valence-electron chi connectivity index (χ4n) is 2.89. The number of likely N-dealkylation sites (N-methyl/N-ethyl adjacent to an activating group) is 1. The van der Waals surface area contributed by atoms with Crippen LogP contribution in [0, 0.1) is 0 Å². The van der Waals surface area contributed by atoms with Crippen molar-refractivity contribution in [1.29, 1.82) is 0 Å². The highest BCUT2D eigenvalue weighted by Crippen LogP contribution is 2.27. The molecule has 1 heterocycles. The van der Waals surface area contributed by atoms with E-state index in [2.05, 4.69) is 41.8 Å². The summed E-state index contributed by atoms with van der Waals surface area (Å²) in [5.74, 6) is 0. The minimum atomic E-state index is 0.646. The first-order valence-electron chi connectivity index (χ1n) is 7.57. The lowest BCUT2D eigenvalue weighted by molar-refractivity contribution is 0.308. The molecule has 3 nitrogen and oxygen atoms in total. The number of benzene rings is 1. The zero-order valence-corrected chi connectivity index (χ0v) is 12.4. The second-order valence-corrected chi connectivity index (χ2v) is 5.28. The zero-order chi connectivity index (χ0) is 13.7. The van der Waals surface area contributed by atoms with E-state index in [-0.39, 0.29) is 0 Å². The summed E-state index contributed by atoms with van der Waals surface area (Å²) >= 11 is 0. The van der Waals surface area contributed by atoms with Gasteiger partial charge in [-0.25, -0.2) is 0 Å². The SMILES string of the molecule is CCN(CC)CCN1CCCc2cc(CN)ccc21. The van der Waals surface area contributed by atoms with Gasteiger partial charge in [-0.05, 0) is 43.1 Å². The fraction of sp³-hybridized carbons (Fsp3) is 0.625. The molecule has 2 N–H and O–H groups in total. The normalized spacial score (nSPS) is 14.8. The molecule has 0 atom stereocenters. The van der Waals surface area contributed by atoms with Gasteiger partial charge in [0, 0.05) is 31.9 Å². The number of fused-ring (bicyclic) bond motifs is 1. The molecule has 1 aliphatic rings. The molecule has 0 spiro atoms. The van der Waals surface area contributed by atoms with Crippen molar-refractivity contribution in [2.75, 3.05) is 37.6 Å². The molecule has 2 rings (SSSR count). The lowest BCUT2D eigenvalue weighted by Crippen LogP contribution is -2.37. The van der Waals surface area contributed by atoms with E-state index in [1.807, 2.05) is 0 Å². The van der Waals surface area contributed by atoms with Crippen molar-refractivity contribution in [1.82, 2.24) is 4.90 Å². The lowest BCUT2D eigenvalue weighted by atomic mass is 9.99. The van der Waals surface area contributed by atoms with E-state index in [0.717, 1.165) is 26.2 Å². The molecular weight excluding hydrogens is 234 g/mol. The van der Waals surface area contributed by atoms with Crippen LogP contribution in [0.5, 0.6) is 0 Å². The summed E-state index contributed by atoms with van der Waals surface area (Å²) in [6.07, 6.45) is 2.46. The van der Waals surface area contributed by atoms with Gasteiger partial charge in [0.1, 0.15) is 0 Å². The van der Waals surface area contributed by atoms with E-state index in [0.29, 0.717) is 6.54 Å². The predicted octanol–water partition coefficient (Wildman–Crippen LogP) is 2.24. The second kappa shape index (κ2) is 6.92. The monoisotopic (exact) mass is 261 g/mol. The third-order valence-electron chi connectivity index (χ3n) is 4.18. The summed E-state index contributed by atoms with van der Waals surface area (Å²) in [6, 6.07) is 6.73. The summed E-state index contributed by atoms with van der Waals surface area (Å²) in [6.45, 7) is 10.9. The van der Waals surface area contributed by atoms with Crippen LogP contribution in [-0.4, -0.2) is 37.6 Å². The van der Waals surface area contributed by atoms with Crippen molar-refractivity contribution in [3.05, 3.63) is 29.3 Å². The molecule has 0 bridgehead atoms. The number of nitrogens with two attached hydrogens (primary N) is 1. The van der Waals surface area contributed by atoms with Crippen LogP contribution in [-0.2, 0) is 13.0 Å². The topological polar surface area (TPSA) is 32.5 Å². The van der Waals surface area contributed by atoms with Crippen molar-refractivity contribution in [2.45, 2.75) is 33.2 Å². The molecule has 1 aromatic carbocycles. The number of aryl methyl sites for hydroxylation is 1. The van der Waals surface area contributed by atoms with E-state index in [1.165, 1.54) is 36.2 Å². The van der Waals surface area contributed by atoms with E-state index in [1.54, 1.807) is 0 Å². The van der Waals surface area contributed by atoms with Crippen molar-refractivity contribution in [2.24, 2.45) is 5.73 Å². The molecule has 0 saturated heterocycles. The van der Waals surface area contributed by atoms with Crippen LogP contribution in [0.2, 0.25) is 0 Å². The van der Waals surface area contributed by atoms with Gasteiger partial charge in [-0.3, -0.25) is 0 Å². The Hall–Kier alpha value is -1.06. The summed E-state index contributed by atoms with van der Waals surface area (Å²) in [5.41, 5.74) is 9.89. The van der Waals surface area contributed by atoms with Crippen LogP contribution in [0.15, 0.2) is 18.2 Å². The van der Waals surface area contributed by atoms with Crippen LogP contribution in [0.4, 0.5) is 5.69 Å². The minimum absolute atomic E-state index is 0.646. The molecule has 3 heteroatoms. The van der Waals surface area contributed by atoms with Gasteiger partial charge in [-0.2, -0.15) is 0 Å². The first-order chi connectivity index (χ1) is 9.28. The van der Waals surface area contributed by atoms with E-state index >= 15 is 0 Å². The third-order valence-corrected chi connectivity index (χ3v) is 4.18. The Balaban J connectivity index is 2.05. The summed E-state index contributed by atoms with van der Waals surface area (Å²) in [7, 11) is 0. The van der Waals surface area contributed by atoms with Gasteiger partial charge in [0.2, 0.25) is 0 Å². The lowest BCUT2D eigenvalue weighted by Gasteiger charge is -2.33. The molecular formula is C16H27N3. The van der Waals surface area contributed by atoms with Gasteiger partial charge in [0.25, 0.3) is 0 Å². The van der Waals surface area contributed by atoms with Gasteiger partial charge in [0.05, 0.1) is 0 Å². The first-order valence-corrected chi connectivity index (χ1v) is 7.57. The largest absolute Gasteiger partial charge is 0.370 e. The standard InChI is InChI=1S/C16H27N3/c1-3-18(4-2)10-11-19-9-5-6-15-12-14(13-17)7-8-16(15)19/h7-8,12H,3-6,9-11,13,17H2,1-2H3. The highest BCUT2D eigenvalue weighted by molar-refractivity contribution is 5.56. The summed E-state index contributed by atoms with van der Waals surface area (Å²) < 4.78 is 0. The molecule has 0 fully saturated rings. The van der Waals surface area contributed by atoms with Crippen molar-refractivity contribution >= 4 is 5.69 Å². The molecule has 0 aliphatic carbocycles. The molecule has 1 aromatic rings. The van der Waals surface area contributed by atoms with Gasteiger partial charge < -0.3 is 15.5 Å². The Morgan fingerprint density at radius 2 is 2.05 bits per heavy atom. The van der Waals surface area contributed by atoms with Crippen LogP contribution in [0.25, 0.3) is 0 Å². The molecule has 106 valence electrons.